The number of rotatable bonds is 2. The molecule has 2 aromatic heterocycles. The molecule has 3 heterocycles. The van der Waals surface area contributed by atoms with Crippen molar-refractivity contribution < 1.29 is 4.42 Å². The number of anilines is 1. The van der Waals surface area contributed by atoms with E-state index < -0.39 is 0 Å². The quantitative estimate of drug-likeness (QED) is 0.918. The monoisotopic (exact) mass is 308 g/mol. The molecule has 18 heavy (non-hydrogen) atoms. The predicted octanol–water partition coefficient (Wildman–Crippen LogP) is 1.91. The van der Waals surface area contributed by atoms with E-state index in [1.54, 1.807) is 6.20 Å². The molecule has 0 unspecified atom stereocenters. The van der Waals surface area contributed by atoms with Crippen molar-refractivity contribution >= 4 is 21.7 Å². The fourth-order valence-corrected chi connectivity index (χ4v) is 2.28. The van der Waals surface area contributed by atoms with Crippen LogP contribution in [0.2, 0.25) is 0 Å². The molecule has 3 rings (SSSR count). The normalized spacial score (nSPS) is 15.9. The summed E-state index contributed by atoms with van der Waals surface area (Å²) in [6.45, 7) is 3.92. The standard InChI is InChI=1S/C12H13BrN4O/c13-10-2-1-9(18-10)12-15-4-3-11(16-12)17-7-5-14-6-8-17/h1-4,14H,5-8H2. The van der Waals surface area contributed by atoms with Crippen molar-refractivity contribution in [3.05, 3.63) is 29.1 Å². The molecule has 0 saturated carbocycles. The maximum Gasteiger partial charge on any atom is 0.197 e. The number of piperazine rings is 1. The van der Waals surface area contributed by atoms with Crippen LogP contribution in [0.4, 0.5) is 5.82 Å². The van der Waals surface area contributed by atoms with Gasteiger partial charge in [-0.2, -0.15) is 0 Å². The Kier molecular flexibility index (Phi) is 3.29. The highest BCUT2D eigenvalue weighted by Crippen LogP contribution is 2.23. The van der Waals surface area contributed by atoms with Gasteiger partial charge in [0.1, 0.15) is 5.82 Å². The summed E-state index contributed by atoms with van der Waals surface area (Å²) in [7, 11) is 0. The summed E-state index contributed by atoms with van der Waals surface area (Å²) < 4.78 is 6.16. The predicted molar refractivity (Wildman–Crippen MR) is 72.5 cm³/mol. The average molecular weight is 309 g/mol. The van der Waals surface area contributed by atoms with E-state index >= 15 is 0 Å². The van der Waals surface area contributed by atoms with E-state index in [1.807, 2.05) is 18.2 Å². The lowest BCUT2D eigenvalue weighted by Gasteiger charge is -2.28. The Morgan fingerprint density at radius 1 is 1.22 bits per heavy atom. The highest BCUT2D eigenvalue weighted by Gasteiger charge is 2.14. The Bertz CT molecular complexity index is 536. The van der Waals surface area contributed by atoms with Crippen LogP contribution in [0.15, 0.2) is 33.5 Å². The second-order valence-electron chi connectivity index (χ2n) is 4.08. The zero-order chi connectivity index (χ0) is 12.4. The van der Waals surface area contributed by atoms with E-state index in [1.165, 1.54) is 0 Å². The third-order valence-corrected chi connectivity index (χ3v) is 3.30. The molecule has 6 heteroatoms. The molecular weight excluding hydrogens is 296 g/mol. The lowest BCUT2D eigenvalue weighted by Crippen LogP contribution is -2.43. The summed E-state index contributed by atoms with van der Waals surface area (Å²) >= 11 is 3.28. The van der Waals surface area contributed by atoms with Gasteiger partial charge in [-0.15, -0.1) is 0 Å². The van der Waals surface area contributed by atoms with Crippen molar-refractivity contribution in [2.45, 2.75) is 0 Å². The van der Waals surface area contributed by atoms with Crippen LogP contribution in [0.1, 0.15) is 0 Å². The summed E-state index contributed by atoms with van der Waals surface area (Å²) in [5.74, 6) is 2.25. The Morgan fingerprint density at radius 2 is 2.06 bits per heavy atom. The highest BCUT2D eigenvalue weighted by molar-refractivity contribution is 9.10. The number of hydrogen-bond donors (Lipinski definition) is 1. The summed E-state index contributed by atoms with van der Waals surface area (Å²) in [5.41, 5.74) is 0. The van der Waals surface area contributed by atoms with Crippen LogP contribution in [0.5, 0.6) is 0 Å². The molecule has 2 aromatic rings. The van der Waals surface area contributed by atoms with Crippen molar-refractivity contribution in [2.75, 3.05) is 31.1 Å². The molecule has 1 aliphatic heterocycles. The van der Waals surface area contributed by atoms with Crippen LogP contribution in [0.25, 0.3) is 11.6 Å². The van der Waals surface area contributed by atoms with Gasteiger partial charge in [0, 0.05) is 32.4 Å². The molecule has 1 saturated heterocycles. The molecule has 0 atom stereocenters. The van der Waals surface area contributed by atoms with E-state index in [-0.39, 0.29) is 0 Å². The number of nitrogens with one attached hydrogen (secondary N) is 1. The molecule has 1 N–H and O–H groups in total. The van der Waals surface area contributed by atoms with Crippen molar-refractivity contribution in [3.63, 3.8) is 0 Å². The molecule has 0 bridgehead atoms. The number of hydrogen-bond acceptors (Lipinski definition) is 5. The van der Waals surface area contributed by atoms with Crippen LogP contribution in [-0.4, -0.2) is 36.1 Å². The maximum atomic E-state index is 5.47. The molecule has 1 aliphatic rings. The second kappa shape index (κ2) is 5.07. The fourth-order valence-electron chi connectivity index (χ4n) is 1.97. The highest BCUT2D eigenvalue weighted by atomic mass is 79.9. The van der Waals surface area contributed by atoms with Crippen molar-refractivity contribution in [2.24, 2.45) is 0 Å². The Balaban J connectivity index is 1.88. The topological polar surface area (TPSA) is 54.2 Å². The van der Waals surface area contributed by atoms with Crippen LogP contribution < -0.4 is 10.2 Å². The Morgan fingerprint density at radius 3 is 2.78 bits per heavy atom. The van der Waals surface area contributed by atoms with Gasteiger partial charge in [0.05, 0.1) is 0 Å². The van der Waals surface area contributed by atoms with Gasteiger partial charge in [-0.3, -0.25) is 0 Å². The fraction of sp³-hybridized carbons (Fsp3) is 0.333. The van der Waals surface area contributed by atoms with Crippen LogP contribution >= 0.6 is 15.9 Å². The van der Waals surface area contributed by atoms with Crippen molar-refractivity contribution in [3.8, 4) is 11.6 Å². The average Bonchev–Trinajstić information content (AvgIpc) is 2.87. The Hall–Kier alpha value is -1.40. The van der Waals surface area contributed by atoms with Gasteiger partial charge in [0.2, 0.25) is 0 Å². The van der Waals surface area contributed by atoms with E-state index in [0.29, 0.717) is 16.3 Å². The van der Waals surface area contributed by atoms with Gasteiger partial charge in [0.15, 0.2) is 16.3 Å². The molecule has 0 amide bonds. The van der Waals surface area contributed by atoms with Crippen molar-refractivity contribution in [1.82, 2.24) is 15.3 Å². The summed E-state index contributed by atoms with van der Waals surface area (Å²) in [6, 6.07) is 5.64. The molecule has 0 spiro atoms. The third-order valence-electron chi connectivity index (χ3n) is 2.88. The van der Waals surface area contributed by atoms with Gasteiger partial charge in [-0.25, -0.2) is 9.97 Å². The number of aromatic nitrogens is 2. The van der Waals surface area contributed by atoms with Crippen LogP contribution in [-0.2, 0) is 0 Å². The molecule has 1 fully saturated rings. The number of nitrogens with zero attached hydrogens (tertiary/aromatic N) is 3. The van der Waals surface area contributed by atoms with Gasteiger partial charge in [-0.05, 0) is 34.1 Å². The van der Waals surface area contributed by atoms with E-state index in [0.717, 1.165) is 32.0 Å². The molecule has 5 nitrogen and oxygen atoms in total. The van der Waals surface area contributed by atoms with Gasteiger partial charge in [0.25, 0.3) is 0 Å². The molecule has 0 radical (unpaired) electrons. The minimum Gasteiger partial charge on any atom is -0.446 e. The summed E-state index contributed by atoms with van der Waals surface area (Å²) in [4.78, 5) is 11.1. The van der Waals surface area contributed by atoms with Crippen LogP contribution in [0, 0.1) is 0 Å². The number of furan rings is 1. The minimum atomic E-state index is 0.622. The molecule has 0 aliphatic carbocycles. The first kappa shape index (κ1) is 11.7. The first-order valence-electron chi connectivity index (χ1n) is 5.87. The van der Waals surface area contributed by atoms with Gasteiger partial charge in [-0.1, -0.05) is 0 Å². The number of halogens is 1. The van der Waals surface area contributed by atoms with E-state index in [4.69, 9.17) is 4.42 Å². The van der Waals surface area contributed by atoms with Gasteiger partial charge >= 0.3 is 0 Å². The lowest BCUT2D eigenvalue weighted by molar-refractivity contribution is 0.550. The lowest BCUT2D eigenvalue weighted by atomic mass is 10.3. The molecule has 94 valence electrons. The second-order valence-corrected chi connectivity index (χ2v) is 4.86. The zero-order valence-corrected chi connectivity index (χ0v) is 11.4. The van der Waals surface area contributed by atoms with E-state index in [9.17, 15) is 0 Å². The maximum absolute atomic E-state index is 5.47. The first-order chi connectivity index (χ1) is 8.83. The smallest absolute Gasteiger partial charge is 0.197 e. The SMILES string of the molecule is Brc1ccc(-c2nccc(N3CCNCC3)n2)o1. The molecule has 0 aromatic carbocycles. The van der Waals surface area contributed by atoms with E-state index in [2.05, 4.69) is 36.1 Å². The summed E-state index contributed by atoms with van der Waals surface area (Å²) in [6.07, 6.45) is 1.77. The molecular formula is C12H13BrN4O. The first-order valence-corrected chi connectivity index (χ1v) is 6.67. The van der Waals surface area contributed by atoms with Gasteiger partial charge < -0.3 is 14.6 Å². The van der Waals surface area contributed by atoms with Crippen LogP contribution in [0.3, 0.4) is 0 Å². The minimum absolute atomic E-state index is 0.622. The largest absolute Gasteiger partial charge is 0.446 e. The Labute approximate surface area is 113 Å². The zero-order valence-electron chi connectivity index (χ0n) is 9.77. The van der Waals surface area contributed by atoms with Crippen molar-refractivity contribution in [1.29, 1.82) is 0 Å². The third kappa shape index (κ3) is 2.39. The summed E-state index contributed by atoms with van der Waals surface area (Å²) in [5, 5.41) is 3.32.